The molecule has 4 aromatic rings. The Bertz CT molecular complexity index is 920. The number of furan rings is 1. The van der Waals surface area contributed by atoms with Gasteiger partial charge in [0.1, 0.15) is 5.76 Å². The highest BCUT2D eigenvalue weighted by atomic mass is 32.1. The first kappa shape index (κ1) is 16.1. The Balaban J connectivity index is 1.58. The van der Waals surface area contributed by atoms with E-state index in [-0.39, 0.29) is 12.5 Å². The lowest BCUT2D eigenvalue weighted by molar-refractivity contribution is 0.0530. The third-order valence-corrected chi connectivity index (χ3v) is 5.88. The first-order valence-electron chi connectivity index (χ1n) is 7.73. The van der Waals surface area contributed by atoms with Crippen LogP contribution in [0.1, 0.15) is 21.0 Å². The Labute approximate surface area is 152 Å². The molecule has 1 atom stereocenters. The van der Waals surface area contributed by atoms with E-state index in [0.29, 0.717) is 16.2 Å². The number of carbonyl (C=O) groups excluding carboxylic acids is 1. The summed E-state index contributed by atoms with van der Waals surface area (Å²) in [6.07, 6.45) is 1.51. The summed E-state index contributed by atoms with van der Waals surface area (Å²) in [7, 11) is 0. The van der Waals surface area contributed by atoms with Gasteiger partial charge in [0, 0.05) is 10.3 Å². The highest BCUT2D eigenvalue weighted by molar-refractivity contribution is 7.20. The molecule has 126 valence electrons. The molecule has 0 saturated heterocycles. The van der Waals surface area contributed by atoms with Crippen molar-refractivity contribution >= 4 is 38.7 Å². The van der Waals surface area contributed by atoms with Gasteiger partial charge in [-0.3, -0.25) is 4.79 Å². The highest BCUT2D eigenvalue weighted by Crippen LogP contribution is 2.31. The summed E-state index contributed by atoms with van der Waals surface area (Å²) in [5, 5.41) is 18.8. The SMILES string of the molecule is O=C(NC[C@@](O)(c1ccsc1)c1ccco1)c1cc2ccccc2s1. The number of fused-ring (bicyclic) bond motifs is 1. The van der Waals surface area contributed by atoms with Crippen LogP contribution in [-0.4, -0.2) is 17.6 Å². The number of nitrogens with one attached hydrogen (secondary N) is 1. The summed E-state index contributed by atoms with van der Waals surface area (Å²) < 4.78 is 6.48. The van der Waals surface area contributed by atoms with Crippen LogP contribution < -0.4 is 5.32 Å². The molecule has 4 rings (SSSR count). The zero-order valence-corrected chi connectivity index (χ0v) is 14.8. The van der Waals surface area contributed by atoms with Crippen molar-refractivity contribution in [2.24, 2.45) is 0 Å². The quantitative estimate of drug-likeness (QED) is 0.554. The molecule has 25 heavy (non-hydrogen) atoms. The van der Waals surface area contributed by atoms with E-state index in [1.165, 1.54) is 28.9 Å². The van der Waals surface area contributed by atoms with Gasteiger partial charge < -0.3 is 14.8 Å². The summed E-state index contributed by atoms with van der Waals surface area (Å²) in [6.45, 7) is 0.0321. The van der Waals surface area contributed by atoms with Crippen LogP contribution in [0.15, 0.2) is 70.0 Å². The number of amides is 1. The van der Waals surface area contributed by atoms with Crippen molar-refractivity contribution in [1.29, 1.82) is 0 Å². The van der Waals surface area contributed by atoms with Gasteiger partial charge in [-0.1, -0.05) is 18.2 Å². The van der Waals surface area contributed by atoms with Crippen molar-refractivity contribution in [3.63, 3.8) is 0 Å². The molecule has 0 saturated carbocycles. The Hall–Kier alpha value is -2.41. The van der Waals surface area contributed by atoms with E-state index in [9.17, 15) is 9.90 Å². The highest BCUT2D eigenvalue weighted by Gasteiger charge is 2.35. The lowest BCUT2D eigenvalue weighted by atomic mass is 9.93. The largest absolute Gasteiger partial charge is 0.466 e. The van der Waals surface area contributed by atoms with Crippen LogP contribution in [0.2, 0.25) is 0 Å². The summed E-state index contributed by atoms with van der Waals surface area (Å²) in [4.78, 5) is 13.2. The maximum atomic E-state index is 12.6. The van der Waals surface area contributed by atoms with Crippen LogP contribution in [0.3, 0.4) is 0 Å². The van der Waals surface area contributed by atoms with E-state index in [0.717, 1.165) is 10.1 Å². The average Bonchev–Trinajstić information content (AvgIpc) is 3.40. The lowest BCUT2D eigenvalue weighted by Crippen LogP contribution is -2.41. The fourth-order valence-corrected chi connectivity index (χ4v) is 4.44. The zero-order valence-electron chi connectivity index (χ0n) is 13.1. The summed E-state index contributed by atoms with van der Waals surface area (Å²) in [5.74, 6) is 0.198. The minimum absolute atomic E-state index is 0.0321. The van der Waals surface area contributed by atoms with E-state index in [1.807, 2.05) is 47.2 Å². The minimum Gasteiger partial charge on any atom is -0.466 e. The van der Waals surface area contributed by atoms with Crippen molar-refractivity contribution in [1.82, 2.24) is 5.32 Å². The lowest BCUT2D eigenvalue weighted by Gasteiger charge is -2.25. The maximum absolute atomic E-state index is 12.6. The van der Waals surface area contributed by atoms with E-state index < -0.39 is 5.60 Å². The number of aliphatic hydroxyl groups is 1. The second kappa shape index (κ2) is 6.48. The first-order chi connectivity index (χ1) is 12.2. The van der Waals surface area contributed by atoms with Crippen LogP contribution in [0.4, 0.5) is 0 Å². The molecule has 0 aliphatic rings. The van der Waals surface area contributed by atoms with Crippen LogP contribution >= 0.6 is 22.7 Å². The van der Waals surface area contributed by atoms with Gasteiger partial charge in [0.25, 0.3) is 5.91 Å². The molecular formula is C19H15NO3S2. The fourth-order valence-electron chi connectivity index (χ4n) is 2.73. The molecule has 0 radical (unpaired) electrons. The van der Waals surface area contributed by atoms with Crippen LogP contribution in [0.25, 0.3) is 10.1 Å². The molecule has 0 fully saturated rings. The Morgan fingerprint density at radius 2 is 2.08 bits per heavy atom. The zero-order chi connectivity index (χ0) is 17.3. The molecule has 0 aliphatic heterocycles. The smallest absolute Gasteiger partial charge is 0.261 e. The average molecular weight is 369 g/mol. The summed E-state index contributed by atoms with van der Waals surface area (Å²) in [6, 6.07) is 15.0. The number of thiophene rings is 2. The molecule has 3 heterocycles. The molecule has 6 heteroatoms. The number of hydrogen-bond acceptors (Lipinski definition) is 5. The molecule has 2 N–H and O–H groups in total. The van der Waals surface area contributed by atoms with Crippen molar-refractivity contribution in [3.05, 3.63) is 81.8 Å². The van der Waals surface area contributed by atoms with E-state index in [2.05, 4.69) is 5.32 Å². The van der Waals surface area contributed by atoms with Crippen molar-refractivity contribution in [2.45, 2.75) is 5.60 Å². The van der Waals surface area contributed by atoms with Gasteiger partial charge in [-0.15, -0.1) is 11.3 Å². The molecule has 0 bridgehead atoms. The van der Waals surface area contributed by atoms with Gasteiger partial charge in [-0.2, -0.15) is 11.3 Å². The van der Waals surface area contributed by atoms with Crippen LogP contribution in [0.5, 0.6) is 0 Å². The minimum atomic E-state index is -1.39. The van der Waals surface area contributed by atoms with Gasteiger partial charge in [-0.05, 0) is 46.5 Å². The second-order valence-corrected chi connectivity index (χ2v) is 7.54. The Morgan fingerprint density at radius 1 is 1.20 bits per heavy atom. The fraction of sp³-hybridized carbons (Fsp3) is 0.105. The molecule has 1 aromatic carbocycles. The van der Waals surface area contributed by atoms with Gasteiger partial charge in [0.05, 0.1) is 17.7 Å². The summed E-state index contributed by atoms with van der Waals surface area (Å²) >= 11 is 2.92. The van der Waals surface area contributed by atoms with Crippen LogP contribution in [0, 0.1) is 0 Å². The molecule has 0 unspecified atom stereocenters. The Morgan fingerprint density at radius 3 is 2.80 bits per heavy atom. The topological polar surface area (TPSA) is 62.5 Å². The van der Waals surface area contributed by atoms with Gasteiger partial charge >= 0.3 is 0 Å². The van der Waals surface area contributed by atoms with Crippen molar-refractivity contribution < 1.29 is 14.3 Å². The predicted octanol–water partition coefficient (Wildman–Crippen LogP) is 4.22. The maximum Gasteiger partial charge on any atom is 0.261 e. The normalized spacial score (nSPS) is 13.6. The first-order valence-corrected chi connectivity index (χ1v) is 9.48. The van der Waals surface area contributed by atoms with Gasteiger partial charge in [0.2, 0.25) is 0 Å². The monoisotopic (exact) mass is 369 g/mol. The third-order valence-electron chi connectivity index (χ3n) is 4.08. The molecule has 4 nitrogen and oxygen atoms in total. The van der Waals surface area contributed by atoms with Crippen molar-refractivity contribution in [2.75, 3.05) is 6.54 Å². The number of rotatable bonds is 5. The van der Waals surface area contributed by atoms with E-state index in [4.69, 9.17) is 4.42 Å². The summed E-state index contributed by atoms with van der Waals surface area (Å²) in [5.41, 5.74) is -0.695. The standard InChI is InChI=1S/C19H15NO3S2/c21-18(16-10-13-4-1-2-5-15(13)25-16)20-12-19(22,14-7-9-24-11-14)17-6-3-8-23-17/h1-11,22H,12H2,(H,20,21)/t19-/m1/s1. The number of benzene rings is 1. The predicted molar refractivity (Wildman–Crippen MR) is 100 cm³/mol. The molecule has 3 aromatic heterocycles. The number of carbonyl (C=O) groups is 1. The van der Waals surface area contributed by atoms with Crippen LogP contribution in [-0.2, 0) is 5.60 Å². The Kier molecular flexibility index (Phi) is 4.17. The second-order valence-electron chi connectivity index (χ2n) is 5.68. The molecule has 0 spiro atoms. The molecular weight excluding hydrogens is 354 g/mol. The molecule has 0 aliphatic carbocycles. The van der Waals surface area contributed by atoms with Crippen molar-refractivity contribution in [3.8, 4) is 0 Å². The van der Waals surface area contributed by atoms with Gasteiger partial charge in [0.15, 0.2) is 5.60 Å². The van der Waals surface area contributed by atoms with E-state index in [1.54, 1.807) is 12.1 Å². The van der Waals surface area contributed by atoms with Gasteiger partial charge in [-0.25, -0.2) is 0 Å². The number of hydrogen-bond donors (Lipinski definition) is 2. The third kappa shape index (κ3) is 3.00. The van der Waals surface area contributed by atoms with E-state index >= 15 is 0 Å². The molecule has 1 amide bonds.